The third-order valence-electron chi connectivity index (χ3n) is 2.90. The lowest BCUT2D eigenvalue weighted by Gasteiger charge is -2.10. The number of hydrogen-bond donors (Lipinski definition) is 0. The third kappa shape index (κ3) is 1.75. The van der Waals surface area contributed by atoms with E-state index in [9.17, 15) is 0 Å². The molecule has 0 aliphatic rings. The van der Waals surface area contributed by atoms with E-state index in [1.165, 1.54) is 10.4 Å². The van der Waals surface area contributed by atoms with Gasteiger partial charge in [-0.15, -0.1) is 11.3 Å². The minimum Gasteiger partial charge on any atom is -0.354 e. The summed E-state index contributed by atoms with van der Waals surface area (Å²) in [4.78, 5) is 5.43. The molecule has 0 bridgehead atoms. The molecular weight excluding hydrogens is 242 g/mol. The molecule has 0 unspecified atom stereocenters. The van der Waals surface area contributed by atoms with Crippen LogP contribution in [0.25, 0.3) is 16.4 Å². The first kappa shape index (κ1) is 11.2. The lowest BCUT2D eigenvalue weighted by molar-refractivity contribution is -0.587. The molecule has 0 aliphatic heterocycles. The molecule has 0 atom stereocenters. The molecule has 0 fully saturated rings. The zero-order chi connectivity index (χ0) is 12.5. The van der Waals surface area contributed by atoms with Gasteiger partial charge in [0.05, 0.1) is 24.3 Å². The smallest absolute Gasteiger partial charge is 0.196 e. The second-order valence-electron chi connectivity index (χ2n) is 4.17. The SMILES string of the molecule is Cc1ccsc1-c1n(C)c[c-][n+]1-c1cccnc1. The van der Waals surface area contributed by atoms with E-state index >= 15 is 0 Å². The fourth-order valence-electron chi connectivity index (χ4n) is 1.97. The molecule has 90 valence electrons. The second kappa shape index (κ2) is 4.38. The van der Waals surface area contributed by atoms with Crippen molar-refractivity contribution in [1.82, 2.24) is 9.55 Å². The number of imidazole rings is 1. The quantitative estimate of drug-likeness (QED) is 0.509. The number of aryl methyl sites for hydroxylation is 2. The highest BCUT2D eigenvalue weighted by molar-refractivity contribution is 7.13. The average molecular weight is 255 g/mol. The molecule has 4 heteroatoms. The predicted molar refractivity (Wildman–Crippen MR) is 71.6 cm³/mol. The summed E-state index contributed by atoms with van der Waals surface area (Å²) >= 11 is 1.75. The van der Waals surface area contributed by atoms with Gasteiger partial charge < -0.3 is 4.57 Å². The molecule has 0 aliphatic carbocycles. The van der Waals surface area contributed by atoms with Gasteiger partial charge in [0.15, 0.2) is 5.82 Å². The molecule has 3 rings (SSSR count). The van der Waals surface area contributed by atoms with Crippen LogP contribution < -0.4 is 4.57 Å². The highest BCUT2D eigenvalue weighted by Gasteiger charge is 2.13. The number of aromatic nitrogens is 3. The van der Waals surface area contributed by atoms with Crippen molar-refractivity contribution in [3.63, 3.8) is 0 Å². The Bertz CT molecular complexity index is 667. The average Bonchev–Trinajstić information content (AvgIpc) is 2.96. The first-order valence-electron chi connectivity index (χ1n) is 5.71. The van der Waals surface area contributed by atoms with Crippen LogP contribution in [-0.2, 0) is 7.05 Å². The predicted octanol–water partition coefficient (Wildman–Crippen LogP) is 2.53. The first-order valence-corrected chi connectivity index (χ1v) is 6.59. The van der Waals surface area contributed by atoms with Crippen LogP contribution in [0.3, 0.4) is 0 Å². The van der Waals surface area contributed by atoms with E-state index in [0.717, 1.165) is 11.5 Å². The normalized spacial score (nSPS) is 10.8. The minimum absolute atomic E-state index is 1.03. The molecule has 18 heavy (non-hydrogen) atoms. The zero-order valence-corrected chi connectivity index (χ0v) is 11.1. The molecule has 3 nitrogen and oxygen atoms in total. The summed E-state index contributed by atoms with van der Waals surface area (Å²) in [5, 5.41) is 2.12. The Morgan fingerprint density at radius 1 is 1.39 bits per heavy atom. The van der Waals surface area contributed by atoms with E-state index in [0.29, 0.717) is 0 Å². The van der Waals surface area contributed by atoms with Crippen LogP contribution >= 0.6 is 11.3 Å². The van der Waals surface area contributed by atoms with Crippen molar-refractivity contribution in [2.24, 2.45) is 7.05 Å². The number of nitrogens with zero attached hydrogens (tertiary/aromatic N) is 3. The maximum absolute atomic E-state index is 4.17. The van der Waals surface area contributed by atoms with Crippen molar-refractivity contribution in [3.05, 3.63) is 53.9 Å². The van der Waals surface area contributed by atoms with Crippen LogP contribution in [0.15, 0.2) is 42.2 Å². The lowest BCUT2D eigenvalue weighted by Crippen LogP contribution is -2.32. The highest BCUT2D eigenvalue weighted by atomic mass is 32.1. The molecule has 0 saturated carbocycles. The van der Waals surface area contributed by atoms with Crippen molar-refractivity contribution in [2.75, 3.05) is 0 Å². The summed E-state index contributed by atoms with van der Waals surface area (Å²) in [5.74, 6) is 1.13. The van der Waals surface area contributed by atoms with Crippen LogP contribution in [0, 0.1) is 13.1 Å². The van der Waals surface area contributed by atoms with Gasteiger partial charge in [0.25, 0.3) is 0 Å². The topological polar surface area (TPSA) is 21.7 Å². The Balaban J connectivity index is 2.22. The van der Waals surface area contributed by atoms with Gasteiger partial charge in [-0.2, -0.15) is 0 Å². The monoisotopic (exact) mass is 255 g/mol. The van der Waals surface area contributed by atoms with Gasteiger partial charge in [-0.05, 0) is 23.9 Å². The first-order chi connectivity index (χ1) is 8.77. The van der Waals surface area contributed by atoms with E-state index in [1.807, 2.05) is 36.1 Å². The van der Waals surface area contributed by atoms with Gasteiger partial charge in [-0.3, -0.25) is 9.55 Å². The van der Waals surface area contributed by atoms with E-state index in [2.05, 4.69) is 34.1 Å². The highest BCUT2D eigenvalue weighted by Crippen LogP contribution is 2.26. The Morgan fingerprint density at radius 2 is 2.28 bits per heavy atom. The molecule has 0 aromatic carbocycles. The molecule has 0 radical (unpaired) electrons. The van der Waals surface area contributed by atoms with Gasteiger partial charge in [-0.25, -0.2) is 0 Å². The Kier molecular flexibility index (Phi) is 2.72. The molecular formula is C14H13N3S. The summed E-state index contributed by atoms with van der Waals surface area (Å²) in [6.45, 7) is 2.13. The summed E-state index contributed by atoms with van der Waals surface area (Å²) in [6.07, 6.45) is 8.83. The minimum atomic E-state index is 1.03. The fourth-order valence-corrected chi connectivity index (χ4v) is 2.97. The standard InChI is InChI=1S/C14H13N3S/c1-11-5-9-18-13(11)14-16(2)7-8-17(14)12-4-3-6-15-10-12/h3-7,9-10H,1-2H3. The van der Waals surface area contributed by atoms with E-state index in [1.54, 1.807) is 17.5 Å². The van der Waals surface area contributed by atoms with E-state index in [4.69, 9.17) is 0 Å². The maximum Gasteiger partial charge on any atom is 0.196 e. The molecule has 3 heterocycles. The summed E-state index contributed by atoms with van der Waals surface area (Å²) in [6, 6.07) is 6.12. The Hall–Kier alpha value is -1.94. The van der Waals surface area contributed by atoms with Crippen molar-refractivity contribution in [2.45, 2.75) is 6.92 Å². The Morgan fingerprint density at radius 3 is 2.94 bits per heavy atom. The van der Waals surface area contributed by atoms with Gasteiger partial charge in [-0.1, -0.05) is 12.1 Å². The summed E-state index contributed by atoms with van der Waals surface area (Å²) in [5.41, 5.74) is 2.31. The van der Waals surface area contributed by atoms with Gasteiger partial charge in [0.1, 0.15) is 0 Å². The van der Waals surface area contributed by atoms with Crippen LogP contribution in [-0.4, -0.2) is 9.55 Å². The van der Waals surface area contributed by atoms with Crippen molar-refractivity contribution in [3.8, 4) is 16.4 Å². The number of thiophene rings is 1. The van der Waals surface area contributed by atoms with Crippen LogP contribution in [0.4, 0.5) is 0 Å². The van der Waals surface area contributed by atoms with Crippen LogP contribution in [0.1, 0.15) is 5.56 Å². The molecule has 3 aromatic rings. The van der Waals surface area contributed by atoms with Gasteiger partial charge >= 0.3 is 0 Å². The van der Waals surface area contributed by atoms with Crippen molar-refractivity contribution < 1.29 is 4.57 Å². The Labute approximate surface area is 110 Å². The van der Waals surface area contributed by atoms with Gasteiger partial charge in [0.2, 0.25) is 0 Å². The molecule has 3 aromatic heterocycles. The second-order valence-corrected chi connectivity index (χ2v) is 5.09. The van der Waals surface area contributed by atoms with Gasteiger partial charge in [0, 0.05) is 18.1 Å². The maximum atomic E-state index is 4.17. The lowest BCUT2D eigenvalue weighted by atomic mass is 10.2. The fraction of sp³-hybridized carbons (Fsp3) is 0.143. The van der Waals surface area contributed by atoms with Crippen molar-refractivity contribution >= 4 is 11.3 Å². The van der Waals surface area contributed by atoms with Crippen LogP contribution in [0.5, 0.6) is 0 Å². The summed E-state index contributed by atoms with van der Waals surface area (Å²) in [7, 11) is 2.04. The molecule has 0 saturated heterocycles. The zero-order valence-electron chi connectivity index (χ0n) is 10.3. The van der Waals surface area contributed by atoms with E-state index in [-0.39, 0.29) is 0 Å². The summed E-state index contributed by atoms with van der Waals surface area (Å²) < 4.78 is 4.14. The molecule has 0 N–H and O–H groups in total. The van der Waals surface area contributed by atoms with Crippen LogP contribution in [0.2, 0.25) is 0 Å². The van der Waals surface area contributed by atoms with Crippen molar-refractivity contribution in [1.29, 1.82) is 0 Å². The molecule has 0 amide bonds. The largest absolute Gasteiger partial charge is 0.354 e. The number of pyridine rings is 1. The molecule has 0 spiro atoms. The van der Waals surface area contributed by atoms with E-state index < -0.39 is 0 Å². The number of rotatable bonds is 2. The number of hydrogen-bond acceptors (Lipinski definition) is 2. The third-order valence-corrected chi connectivity index (χ3v) is 3.91.